The summed E-state index contributed by atoms with van der Waals surface area (Å²) in [6.07, 6.45) is 7.66. The van der Waals surface area contributed by atoms with Crippen LogP contribution in [0.4, 0.5) is 0 Å². The number of ether oxygens (including phenoxy) is 1. The monoisotopic (exact) mass is 365 g/mol. The summed E-state index contributed by atoms with van der Waals surface area (Å²) in [6, 6.07) is 6.03. The number of hydrogen-bond acceptors (Lipinski definition) is 4. The van der Waals surface area contributed by atoms with E-state index < -0.39 is 0 Å². The highest BCUT2D eigenvalue weighted by Crippen LogP contribution is 2.32. The molecule has 1 amide bonds. The Morgan fingerprint density at radius 1 is 1.30 bits per heavy atom. The molecule has 27 heavy (non-hydrogen) atoms. The number of pyridine rings is 1. The van der Waals surface area contributed by atoms with Crippen molar-refractivity contribution in [2.75, 3.05) is 13.2 Å². The molecule has 140 valence electrons. The third-order valence-electron chi connectivity index (χ3n) is 4.85. The third kappa shape index (κ3) is 3.50. The van der Waals surface area contributed by atoms with Crippen molar-refractivity contribution in [3.8, 4) is 11.3 Å². The van der Waals surface area contributed by atoms with Crippen LogP contribution in [-0.2, 0) is 36.2 Å². The summed E-state index contributed by atoms with van der Waals surface area (Å²) in [5.74, 6) is -0.00291. The number of aromatic nitrogens is 4. The van der Waals surface area contributed by atoms with Gasteiger partial charge in [0.1, 0.15) is 6.61 Å². The maximum atomic E-state index is 12.6. The van der Waals surface area contributed by atoms with Crippen molar-refractivity contribution < 1.29 is 9.53 Å². The molecule has 0 spiro atoms. The second-order valence-electron chi connectivity index (χ2n) is 6.74. The van der Waals surface area contributed by atoms with Crippen LogP contribution in [0.15, 0.2) is 43.0 Å². The molecule has 0 fully saturated rings. The lowest BCUT2D eigenvalue weighted by atomic mass is 10.1. The van der Waals surface area contributed by atoms with E-state index in [1.165, 1.54) is 0 Å². The standard InChI is InChI=1S/C20H23N5O2/c1-3-27-14-19(26)24-11-16-12-25(10-15-5-4-7-21-9-15)22-20(16)17-6-8-23(2)18(17)13-24/h4-9,12H,3,10-11,13-14H2,1-2H3. The summed E-state index contributed by atoms with van der Waals surface area (Å²) in [4.78, 5) is 18.6. The number of hydrogen-bond donors (Lipinski definition) is 0. The fourth-order valence-corrected chi connectivity index (χ4v) is 3.44. The number of rotatable bonds is 5. The van der Waals surface area contributed by atoms with Gasteiger partial charge in [-0.3, -0.25) is 14.5 Å². The van der Waals surface area contributed by atoms with Gasteiger partial charge < -0.3 is 14.2 Å². The summed E-state index contributed by atoms with van der Waals surface area (Å²) in [6.45, 7) is 4.27. The molecule has 0 unspecified atom stereocenters. The van der Waals surface area contributed by atoms with E-state index >= 15 is 0 Å². The number of carbonyl (C=O) groups is 1. The van der Waals surface area contributed by atoms with E-state index in [0.717, 1.165) is 28.1 Å². The minimum atomic E-state index is -0.00291. The third-order valence-corrected chi connectivity index (χ3v) is 4.85. The van der Waals surface area contributed by atoms with Gasteiger partial charge in [0.2, 0.25) is 5.91 Å². The van der Waals surface area contributed by atoms with Crippen molar-refractivity contribution in [1.82, 2.24) is 24.2 Å². The zero-order valence-electron chi connectivity index (χ0n) is 15.6. The summed E-state index contributed by atoms with van der Waals surface area (Å²) in [7, 11) is 2.00. The first-order chi connectivity index (χ1) is 13.2. The Hall–Kier alpha value is -2.93. The van der Waals surface area contributed by atoms with Crippen LogP contribution in [0.2, 0.25) is 0 Å². The Morgan fingerprint density at radius 3 is 2.96 bits per heavy atom. The fraction of sp³-hybridized carbons (Fsp3) is 0.350. The van der Waals surface area contributed by atoms with E-state index in [4.69, 9.17) is 9.84 Å². The largest absolute Gasteiger partial charge is 0.372 e. The second kappa shape index (κ2) is 7.36. The summed E-state index contributed by atoms with van der Waals surface area (Å²) in [5, 5.41) is 4.82. The maximum Gasteiger partial charge on any atom is 0.249 e. The highest BCUT2D eigenvalue weighted by Gasteiger charge is 2.27. The number of carbonyl (C=O) groups excluding carboxylic acids is 1. The SMILES string of the molecule is CCOCC(=O)N1Cc2cn(Cc3cccnc3)nc2-c2ccn(C)c2C1. The van der Waals surface area contributed by atoms with Crippen LogP contribution in [0.3, 0.4) is 0 Å². The zero-order chi connectivity index (χ0) is 18.8. The van der Waals surface area contributed by atoms with Crippen molar-refractivity contribution in [3.63, 3.8) is 0 Å². The van der Waals surface area contributed by atoms with Gasteiger partial charge in [0.15, 0.2) is 0 Å². The topological polar surface area (TPSA) is 65.2 Å². The lowest BCUT2D eigenvalue weighted by Gasteiger charge is -2.21. The van der Waals surface area contributed by atoms with Gasteiger partial charge in [-0.05, 0) is 24.6 Å². The van der Waals surface area contributed by atoms with Gasteiger partial charge in [0.25, 0.3) is 0 Å². The molecule has 3 aromatic rings. The molecule has 7 heteroatoms. The molecule has 4 rings (SSSR count). The first kappa shape index (κ1) is 17.5. The molecule has 7 nitrogen and oxygen atoms in total. The molecule has 0 bridgehead atoms. The lowest BCUT2D eigenvalue weighted by molar-refractivity contribution is -0.137. The van der Waals surface area contributed by atoms with E-state index in [-0.39, 0.29) is 12.5 Å². The van der Waals surface area contributed by atoms with Gasteiger partial charge in [-0.25, -0.2) is 0 Å². The van der Waals surface area contributed by atoms with Crippen LogP contribution >= 0.6 is 0 Å². The molecule has 4 heterocycles. The molecule has 0 atom stereocenters. The molecule has 0 saturated heterocycles. The van der Waals surface area contributed by atoms with Crippen molar-refractivity contribution in [1.29, 1.82) is 0 Å². The molecule has 0 aliphatic carbocycles. The van der Waals surface area contributed by atoms with Gasteiger partial charge >= 0.3 is 0 Å². The molecule has 0 aromatic carbocycles. The van der Waals surface area contributed by atoms with Gasteiger partial charge in [-0.15, -0.1) is 0 Å². The Kier molecular flexibility index (Phi) is 4.77. The van der Waals surface area contributed by atoms with Crippen molar-refractivity contribution in [3.05, 3.63) is 59.8 Å². The van der Waals surface area contributed by atoms with E-state index in [1.54, 1.807) is 6.20 Å². The van der Waals surface area contributed by atoms with E-state index in [2.05, 4.69) is 15.6 Å². The van der Waals surface area contributed by atoms with Crippen molar-refractivity contribution in [2.24, 2.45) is 7.05 Å². The van der Waals surface area contributed by atoms with Gasteiger partial charge in [-0.2, -0.15) is 5.10 Å². The Morgan fingerprint density at radius 2 is 2.19 bits per heavy atom. The minimum absolute atomic E-state index is 0.00291. The van der Waals surface area contributed by atoms with Crippen LogP contribution in [0.1, 0.15) is 23.7 Å². The molecule has 1 aliphatic rings. The van der Waals surface area contributed by atoms with Crippen LogP contribution in [-0.4, -0.2) is 43.4 Å². The fourth-order valence-electron chi connectivity index (χ4n) is 3.44. The van der Waals surface area contributed by atoms with E-state index in [1.807, 2.05) is 54.3 Å². The molecular weight excluding hydrogens is 342 g/mol. The average molecular weight is 365 g/mol. The Labute approximate surface area is 158 Å². The average Bonchev–Trinajstić information content (AvgIpc) is 3.19. The molecule has 0 radical (unpaired) electrons. The minimum Gasteiger partial charge on any atom is -0.372 e. The quantitative estimate of drug-likeness (QED) is 0.695. The molecule has 0 N–H and O–H groups in total. The number of fused-ring (bicyclic) bond motifs is 3. The Bertz CT molecular complexity index is 945. The van der Waals surface area contributed by atoms with E-state index in [0.29, 0.717) is 26.2 Å². The first-order valence-corrected chi connectivity index (χ1v) is 9.11. The molecule has 0 saturated carbocycles. The lowest BCUT2D eigenvalue weighted by Crippen LogP contribution is -2.33. The predicted molar refractivity (Wildman–Crippen MR) is 101 cm³/mol. The molecule has 1 aliphatic heterocycles. The highest BCUT2D eigenvalue weighted by atomic mass is 16.5. The Balaban J connectivity index is 1.68. The summed E-state index contributed by atoms with van der Waals surface area (Å²) in [5.41, 5.74) is 5.26. The maximum absolute atomic E-state index is 12.6. The highest BCUT2D eigenvalue weighted by molar-refractivity contribution is 5.79. The van der Waals surface area contributed by atoms with E-state index in [9.17, 15) is 4.79 Å². The summed E-state index contributed by atoms with van der Waals surface area (Å²) < 4.78 is 9.32. The number of aryl methyl sites for hydroxylation is 1. The number of amides is 1. The van der Waals surface area contributed by atoms with Crippen molar-refractivity contribution >= 4 is 5.91 Å². The second-order valence-corrected chi connectivity index (χ2v) is 6.74. The molecule has 3 aromatic heterocycles. The smallest absolute Gasteiger partial charge is 0.249 e. The zero-order valence-corrected chi connectivity index (χ0v) is 15.6. The van der Waals surface area contributed by atoms with Crippen molar-refractivity contribution in [2.45, 2.75) is 26.6 Å². The van der Waals surface area contributed by atoms with Gasteiger partial charge in [0, 0.05) is 61.8 Å². The predicted octanol–water partition coefficient (Wildman–Crippen LogP) is 2.21. The van der Waals surface area contributed by atoms with Crippen LogP contribution in [0.25, 0.3) is 11.3 Å². The number of nitrogens with zero attached hydrogens (tertiary/aromatic N) is 5. The van der Waals surface area contributed by atoms with Crippen LogP contribution in [0.5, 0.6) is 0 Å². The normalized spacial score (nSPS) is 13.2. The van der Waals surface area contributed by atoms with Gasteiger partial charge in [-0.1, -0.05) is 6.07 Å². The molecular formula is C20H23N5O2. The first-order valence-electron chi connectivity index (χ1n) is 9.11. The van der Waals surface area contributed by atoms with Gasteiger partial charge in [0.05, 0.1) is 18.8 Å². The van der Waals surface area contributed by atoms with Crippen LogP contribution < -0.4 is 0 Å². The summed E-state index contributed by atoms with van der Waals surface area (Å²) >= 11 is 0. The van der Waals surface area contributed by atoms with Crippen LogP contribution in [0, 0.1) is 0 Å².